The van der Waals surface area contributed by atoms with E-state index in [1.165, 1.54) is 0 Å². The zero-order chi connectivity index (χ0) is 13.4. The van der Waals surface area contributed by atoms with Crippen molar-refractivity contribution in [3.63, 3.8) is 0 Å². The molecular formula is C14H9ClN4. The second-order valence-electron chi connectivity index (χ2n) is 4.16. The molecule has 3 aromatic rings. The Morgan fingerprint density at radius 3 is 2.68 bits per heavy atom. The normalized spacial score (nSPS) is 10.6. The van der Waals surface area contributed by atoms with Crippen LogP contribution < -0.4 is 0 Å². The molecule has 4 nitrogen and oxygen atoms in total. The second-order valence-corrected chi connectivity index (χ2v) is 4.54. The van der Waals surface area contributed by atoms with Crippen LogP contribution in [-0.2, 0) is 0 Å². The lowest BCUT2D eigenvalue weighted by Gasteiger charge is -2.07. The van der Waals surface area contributed by atoms with Crippen LogP contribution in [0, 0.1) is 18.3 Å². The number of benzene rings is 1. The van der Waals surface area contributed by atoms with Crippen molar-refractivity contribution in [1.29, 1.82) is 5.26 Å². The third-order valence-corrected chi connectivity index (χ3v) is 3.37. The van der Waals surface area contributed by atoms with Crippen LogP contribution in [0.2, 0.25) is 5.02 Å². The predicted octanol–water partition coefficient (Wildman–Crippen LogP) is 3.46. The van der Waals surface area contributed by atoms with Crippen molar-refractivity contribution in [3.05, 3.63) is 46.7 Å². The molecule has 0 fully saturated rings. The van der Waals surface area contributed by atoms with Gasteiger partial charge in [0.1, 0.15) is 6.07 Å². The Bertz CT molecular complexity index is 800. The molecule has 1 aromatic carbocycles. The minimum atomic E-state index is 0.298. The van der Waals surface area contributed by atoms with Crippen LogP contribution in [0.3, 0.4) is 0 Å². The summed E-state index contributed by atoms with van der Waals surface area (Å²) in [5, 5.41) is 17.4. The summed E-state index contributed by atoms with van der Waals surface area (Å²) in [6.07, 6.45) is 0. The summed E-state index contributed by atoms with van der Waals surface area (Å²) in [6, 6.07) is 11.6. The third-order valence-electron chi connectivity index (χ3n) is 3.00. The van der Waals surface area contributed by atoms with Gasteiger partial charge in [0.25, 0.3) is 0 Å². The third kappa shape index (κ3) is 1.76. The number of nitrogens with zero attached hydrogens (tertiary/aromatic N) is 3. The zero-order valence-electron chi connectivity index (χ0n) is 10.1. The molecule has 0 unspecified atom stereocenters. The van der Waals surface area contributed by atoms with Gasteiger partial charge in [-0.1, -0.05) is 41.9 Å². The fraction of sp³-hybridized carbons (Fsp3) is 0.0714. The van der Waals surface area contributed by atoms with Crippen molar-refractivity contribution in [1.82, 2.24) is 15.2 Å². The van der Waals surface area contributed by atoms with Crippen molar-refractivity contribution in [2.75, 3.05) is 0 Å². The van der Waals surface area contributed by atoms with Crippen molar-refractivity contribution in [2.24, 2.45) is 0 Å². The molecule has 2 aromatic heterocycles. The average Bonchev–Trinajstić information content (AvgIpc) is 2.81. The van der Waals surface area contributed by atoms with E-state index in [2.05, 4.69) is 21.3 Å². The standard InChI is InChI=1S/C14H9ClN4/c1-8-11-13(15)12(9-5-3-2-4-6-9)10(7-16)17-14(11)19-18-8/h2-6H,1H3,(H,17,18,19). The minimum Gasteiger partial charge on any atom is -0.260 e. The van der Waals surface area contributed by atoms with Gasteiger partial charge < -0.3 is 0 Å². The second kappa shape index (κ2) is 4.38. The van der Waals surface area contributed by atoms with Crippen LogP contribution in [-0.4, -0.2) is 15.2 Å². The molecule has 0 aliphatic heterocycles. The maximum atomic E-state index is 9.27. The van der Waals surface area contributed by atoms with Crippen LogP contribution in [0.5, 0.6) is 0 Å². The SMILES string of the molecule is Cc1n[nH]c2nc(C#N)c(-c3ccccc3)c(Cl)c12. The number of aromatic nitrogens is 3. The molecule has 1 N–H and O–H groups in total. The summed E-state index contributed by atoms with van der Waals surface area (Å²) in [5.41, 5.74) is 3.14. The number of nitriles is 1. The summed E-state index contributed by atoms with van der Waals surface area (Å²) in [6.45, 7) is 1.85. The molecule has 0 aliphatic rings. The van der Waals surface area contributed by atoms with E-state index in [0.29, 0.717) is 21.9 Å². The fourth-order valence-corrected chi connectivity index (χ4v) is 2.53. The molecule has 0 aliphatic carbocycles. The van der Waals surface area contributed by atoms with E-state index in [0.717, 1.165) is 16.6 Å². The van der Waals surface area contributed by atoms with Crippen LogP contribution in [0.4, 0.5) is 0 Å². The molecule has 0 radical (unpaired) electrons. The highest BCUT2D eigenvalue weighted by Gasteiger charge is 2.18. The Balaban J connectivity index is 2.44. The average molecular weight is 269 g/mol. The Hall–Kier alpha value is -2.38. The first-order chi connectivity index (χ1) is 9.22. The van der Waals surface area contributed by atoms with Crippen molar-refractivity contribution in [2.45, 2.75) is 6.92 Å². The van der Waals surface area contributed by atoms with Crippen LogP contribution in [0.1, 0.15) is 11.4 Å². The van der Waals surface area contributed by atoms with E-state index >= 15 is 0 Å². The number of hydrogen-bond acceptors (Lipinski definition) is 3. The number of fused-ring (bicyclic) bond motifs is 1. The van der Waals surface area contributed by atoms with Gasteiger partial charge in [0.15, 0.2) is 11.3 Å². The lowest BCUT2D eigenvalue weighted by molar-refractivity contribution is 1.05. The number of hydrogen-bond donors (Lipinski definition) is 1. The number of pyridine rings is 1. The van der Waals surface area contributed by atoms with Gasteiger partial charge in [-0.25, -0.2) is 4.98 Å². The number of aromatic amines is 1. The molecular weight excluding hydrogens is 260 g/mol. The number of nitrogens with one attached hydrogen (secondary N) is 1. The first-order valence-electron chi connectivity index (χ1n) is 5.72. The quantitative estimate of drug-likeness (QED) is 0.735. The summed E-state index contributed by atoms with van der Waals surface area (Å²) in [4.78, 5) is 4.29. The minimum absolute atomic E-state index is 0.298. The van der Waals surface area contributed by atoms with Gasteiger partial charge >= 0.3 is 0 Å². The first-order valence-corrected chi connectivity index (χ1v) is 6.10. The van der Waals surface area contributed by atoms with Gasteiger partial charge in [-0.3, -0.25) is 5.10 Å². The van der Waals surface area contributed by atoms with Gasteiger partial charge in [0.2, 0.25) is 0 Å². The van der Waals surface area contributed by atoms with Crippen LogP contribution in [0.15, 0.2) is 30.3 Å². The zero-order valence-corrected chi connectivity index (χ0v) is 10.9. The smallest absolute Gasteiger partial charge is 0.158 e. The first kappa shape index (κ1) is 11.7. The topological polar surface area (TPSA) is 65.4 Å². The summed E-state index contributed by atoms with van der Waals surface area (Å²) >= 11 is 6.46. The van der Waals surface area contributed by atoms with Gasteiger partial charge in [-0.05, 0) is 12.5 Å². The van der Waals surface area contributed by atoms with Crippen molar-refractivity contribution < 1.29 is 0 Å². The molecule has 3 rings (SSSR count). The Morgan fingerprint density at radius 2 is 2.00 bits per heavy atom. The molecule has 19 heavy (non-hydrogen) atoms. The van der Waals surface area contributed by atoms with Gasteiger partial charge in [-0.2, -0.15) is 10.4 Å². The maximum absolute atomic E-state index is 9.27. The molecule has 0 saturated heterocycles. The van der Waals surface area contributed by atoms with Gasteiger partial charge in [0, 0.05) is 5.56 Å². The van der Waals surface area contributed by atoms with E-state index in [1.54, 1.807) is 0 Å². The van der Waals surface area contributed by atoms with E-state index in [1.807, 2.05) is 37.3 Å². The number of halogens is 1. The largest absolute Gasteiger partial charge is 0.260 e. The lowest BCUT2D eigenvalue weighted by atomic mass is 10.0. The summed E-state index contributed by atoms with van der Waals surface area (Å²) in [5.74, 6) is 0. The fourth-order valence-electron chi connectivity index (χ4n) is 2.11. The molecule has 0 amide bonds. The van der Waals surface area contributed by atoms with E-state index in [-0.39, 0.29) is 0 Å². The van der Waals surface area contributed by atoms with E-state index < -0.39 is 0 Å². The summed E-state index contributed by atoms with van der Waals surface area (Å²) < 4.78 is 0. The van der Waals surface area contributed by atoms with Gasteiger partial charge in [0.05, 0.1) is 16.1 Å². The van der Waals surface area contributed by atoms with E-state index in [4.69, 9.17) is 11.6 Å². The van der Waals surface area contributed by atoms with Crippen molar-refractivity contribution in [3.8, 4) is 17.2 Å². The Morgan fingerprint density at radius 1 is 1.26 bits per heavy atom. The molecule has 5 heteroatoms. The Labute approximate surface area is 114 Å². The lowest BCUT2D eigenvalue weighted by Crippen LogP contribution is -1.92. The number of rotatable bonds is 1. The number of H-pyrrole nitrogens is 1. The monoisotopic (exact) mass is 268 g/mol. The molecule has 92 valence electrons. The summed E-state index contributed by atoms with van der Waals surface area (Å²) in [7, 11) is 0. The van der Waals surface area contributed by atoms with Crippen LogP contribution in [0.25, 0.3) is 22.2 Å². The van der Waals surface area contributed by atoms with Crippen LogP contribution >= 0.6 is 11.6 Å². The van der Waals surface area contributed by atoms with Crippen molar-refractivity contribution >= 4 is 22.6 Å². The highest BCUT2D eigenvalue weighted by atomic mass is 35.5. The molecule has 0 bridgehead atoms. The van der Waals surface area contributed by atoms with Gasteiger partial charge in [-0.15, -0.1) is 0 Å². The molecule has 0 saturated carbocycles. The predicted molar refractivity (Wildman–Crippen MR) is 73.8 cm³/mol. The highest BCUT2D eigenvalue weighted by molar-refractivity contribution is 6.38. The molecule has 2 heterocycles. The maximum Gasteiger partial charge on any atom is 0.158 e. The molecule has 0 atom stereocenters. The highest BCUT2D eigenvalue weighted by Crippen LogP contribution is 2.36. The molecule has 0 spiro atoms. The Kier molecular flexibility index (Phi) is 2.69. The van der Waals surface area contributed by atoms with E-state index in [9.17, 15) is 5.26 Å². The number of aryl methyl sites for hydroxylation is 1.